The molecule has 0 aliphatic heterocycles. The second kappa shape index (κ2) is 3.27. The van der Waals surface area contributed by atoms with E-state index in [0.717, 1.165) is 5.39 Å². The number of fused-ring (bicyclic) bond motifs is 1. The number of para-hydroxylation sites is 1. The Bertz CT molecular complexity index is 510. The zero-order chi connectivity index (χ0) is 10.1. The molecule has 0 saturated carbocycles. The first-order chi connectivity index (χ1) is 6.70. The molecular formula is C10H7ClN2O. The molecule has 2 aromatic rings. The highest BCUT2D eigenvalue weighted by molar-refractivity contribution is 6.35. The first-order valence-electron chi connectivity index (χ1n) is 4.03. The van der Waals surface area contributed by atoms with Crippen molar-refractivity contribution >= 4 is 28.4 Å². The van der Waals surface area contributed by atoms with E-state index >= 15 is 0 Å². The molecule has 0 aliphatic rings. The van der Waals surface area contributed by atoms with Crippen LogP contribution < -0.4 is 5.73 Å². The minimum Gasteiger partial charge on any atom is -0.366 e. The van der Waals surface area contributed by atoms with Crippen molar-refractivity contribution in [3.8, 4) is 0 Å². The molecule has 0 aliphatic carbocycles. The molecule has 0 bridgehead atoms. The molecule has 0 radical (unpaired) electrons. The lowest BCUT2D eigenvalue weighted by Gasteiger charge is -2.02. The third-order valence-electron chi connectivity index (χ3n) is 1.98. The number of carbonyl (C=O) groups is 1. The van der Waals surface area contributed by atoms with Crippen LogP contribution in [0, 0.1) is 0 Å². The number of rotatable bonds is 1. The number of hydrogen-bond donors (Lipinski definition) is 1. The standard InChI is InChI=1S/C10H7ClN2O/c11-8-4-5-13-9-6(8)2-1-3-7(9)10(12)14/h1-5H,(H2,12,14). The van der Waals surface area contributed by atoms with Crippen LogP contribution in [0.25, 0.3) is 10.9 Å². The smallest absolute Gasteiger partial charge is 0.250 e. The van der Waals surface area contributed by atoms with Gasteiger partial charge in [0.15, 0.2) is 0 Å². The van der Waals surface area contributed by atoms with Gasteiger partial charge in [0.2, 0.25) is 0 Å². The summed E-state index contributed by atoms with van der Waals surface area (Å²) in [5.41, 5.74) is 6.15. The number of halogens is 1. The van der Waals surface area contributed by atoms with E-state index in [1.54, 1.807) is 30.5 Å². The summed E-state index contributed by atoms with van der Waals surface area (Å²) in [4.78, 5) is 15.1. The molecule has 0 fully saturated rings. The van der Waals surface area contributed by atoms with Crippen LogP contribution >= 0.6 is 11.6 Å². The van der Waals surface area contributed by atoms with Gasteiger partial charge in [-0.1, -0.05) is 23.7 Å². The van der Waals surface area contributed by atoms with Crippen LogP contribution in [-0.4, -0.2) is 10.9 Å². The Hall–Kier alpha value is -1.61. The Morgan fingerprint density at radius 2 is 2.14 bits per heavy atom. The number of nitrogens with zero attached hydrogens (tertiary/aromatic N) is 1. The van der Waals surface area contributed by atoms with Gasteiger partial charge in [-0.05, 0) is 12.1 Å². The minimum atomic E-state index is -0.495. The van der Waals surface area contributed by atoms with E-state index < -0.39 is 5.91 Å². The third-order valence-corrected chi connectivity index (χ3v) is 2.31. The van der Waals surface area contributed by atoms with Crippen LogP contribution in [0.3, 0.4) is 0 Å². The van der Waals surface area contributed by atoms with Gasteiger partial charge in [0.05, 0.1) is 16.1 Å². The Kier molecular flexibility index (Phi) is 2.09. The lowest BCUT2D eigenvalue weighted by molar-refractivity contribution is 0.100. The quantitative estimate of drug-likeness (QED) is 0.776. The van der Waals surface area contributed by atoms with Crippen molar-refractivity contribution in [3.63, 3.8) is 0 Å². The molecule has 4 heteroatoms. The third kappa shape index (κ3) is 1.32. The molecular weight excluding hydrogens is 200 g/mol. The van der Waals surface area contributed by atoms with Gasteiger partial charge in [0, 0.05) is 11.6 Å². The highest BCUT2D eigenvalue weighted by Crippen LogP contribution is 2.23. The van der Waals surface area contributed by atoms with Gasteiger partial charge in [0.1, 0.15) is 0 Å². The van der Waals surface area contributed by atoms with Crippen molar-refractivity contribution < 1.29 is 4.79 Å². The monoisotopic (exact) mass is 206 g/mol. The van der Waals surface area contributed by atoms with E-state index in [9.17, 15) is 4.79 Å². The second-order valence-electron chi connectivity index (χ2n) is 2.86. The van der Waals surface area contributed by atoms with Gasteiger partial charge >= 0.3 is 0 Å². The predicted molar refractivity (Wildman–Crippen MR) is 55.3 cm³/mol. The predicted octanol–water partition coefficient (Wildman–Crippen LogP) is 1.99. The van der Waals surface area contributed by atoms with Gasteiger partial charge in [-0.2, -0.15) is 0 Å². The lowest BCUT2D eigenvalue weighted by atomic mass is 10.1. The summed E-state index contributed by atoms with van der Waals surface area (Å²) in [6.07, 6.45) is 1.55. The fraction of sp³-hybridized carbons (Fsp3) is 0. The van der Waals surface area contributed by atoms with Gasteiger partial charge < -0.3 is 5.73 Å². The van der Waals surface area contributed by atoms with Crippen LogP contribution in [0.2, 0.25) is 5.02 Å². The normalized spacial score (nSPS) is 10.4. The van der Waals surface area contributed by atoms with Crippen molar-refractivity contribution in [2.24, 2.45) is 5.73 Å². The molecule has 3 nitrogen and oxygen atoms in total. The maximum Gasteiger partial charge on any atom is 0.250 e. The van der Waals surface area contributed by atoms with E-state index in [4.69, 9.17) is 17.3 Å². The van der Waals surface area contributed by atoms with E-state index in [-0.39, 0.29) is 0 Å². The van der Waals surface area contributed by atoms with Crippen LogP contribution in [0.5, 0.6) is 0 Å². The average Bonchev–Trinajstić information content (AvgIpc) is 2.17. The maximum atomic E-state index is 11.1. The summed E-state index contributed by atoms with van der Waals surface area (Å²) in [6.45, 7) is 0. The Balaban J connectivity index is 2.88. The zero-order valence-electron chi connectivity index (χ0n) is 7.20. The maximum absolute atomic E-state index is 11.1. The van der Waals surface area contributed by atoms with Gasteiger partial charge in [-0.15, -0.1) is 0 Å². The van der Waals surface area contributed by atoms with Crippen molar-refractivity contribution in [3.05, 3.63) is 41.0 Å². The van der Waals surface area contributed by atoms with Gasteiger partial charge in [0.25, 0.3) is 5.91 Å². The largest absolute Gasteiger partial charge is 0.366 e. The molecule has 1 amide bonds. The molecule has 2 rings (SSSR count). The van der Waals surface area contributed by atoms with Gasteiger partial charge in [-0.25, -0.2) is 0 Å². The first kappa shape index (κ1) is 8.97. The van der Waals surface area contributed by atoms with Gasteiger partial charge in [-0.3, -0.25) is 9.78 Å². The summed E-state index contributed by atoms with van der Waals surface area (Å²) in [5.74, 6) is -0.495. The zero-order valence-corrected chi connectivity index (χ0v) is 7.95. The number of primary amides is 1. The fourth-order valence-electron chi connectivity index (χ4n) is 1.34. The number of carbonyl (C=O) groups excluding carboxylic acids is 1. The number of nitrogens with two attached hydrogens (primary N) is 1. The molecule has 70 valence electrons. The molecule has 1 heterocycles. The summed E-state index contributed by atoms with van der Waals surface area (Å²) in [6, 6.07) is 6.84. The van der Waals surface area contributed by atoms with Crippen molar-refractivity contribution in [1.29, 1.82) is 0 Å². The average molecular weight is 207 g/mol. The Labute approximate surface area is 85.5 Å². The van der Waals surface area contributed by atoms with Crippen LogP contribution in [0.15, 0.2) is 30.5 Å². The van der Waals surface area contributed by atoms with E-state index in [0.29, 0.717) is 16.1 Å². The van der Waals surface area contributed by atoms with Crippen molar-refractivity contribution in [2.45, 2.75) is 0 Å². The van der Waals surface area contributed by atoms with Crippen molar-refractivity contribution in [1.82, 2.24) is 4.98 Å². The Morgan fingerprint density at radius 1 is 1.36 bits per heavy atom. The molecule has 0 saturated heterocycles. The van der Waals surface area contributed by atoms with Crippen molar-refractivity contribution in [2.75, 3.05) is 0 Å². The molecule has 0 atom stereocenters. The topological polar surface area (TPSA) is 56.0 Å². The van der Waals surface area contributed by atoms with E-state index in [1.807, 2.05) is 0 Å². The highest BCUT2D eigenvalue weighted by atomic mass is 35.5. The summed E-state index contributed by atoms with van der Waals surface area (Å²) < 4.78 is 0. The van der Waals surface area contributed by atoms with E-state index in [2.05, 4.69) is 4.98 Å². The summed E-state index contributed by atoms with van der Waals surface area (Å²) >= 11 is 5.94. The summed E-state index contributed by atoms with van der Waals surface area (Å²) in [5, 5.41) is 1.31. The fourth-order valence-corrected chi connectivity index (χ4v) is 1.55. The van der Waals surface area contributed by atoms with Crippen LogP contribution in [0.4, 0.5) is 0 Å². The molecule has 0 unspecified atom stereocenters. The number of amides is 1. The molecule has 2 N–H and O–H groups in total. The second-order valence-corrected chi connectivity index (χ2v) is 3.27. The van der Waals surface area contributed by atoms with E-state index in [1.165, 1.54) is 0 Å². The lowest BCUT2D eigenvalue weighted by Crippen LogP contribution is -2.11. The minimum absolute atomic E-state index is 0.394. The molecule has 14 heavy (non-hydrogen) atoms. The molecule has 1 aromatic heterocycles. The number of pyridine rings is 1. The highest BCUT2D eigenvalue weighted by Gasteiger charge is 2.08. The number of aromatic nitrogens is 1. The summed E-state index contributed by atoms with van der Waals surface area (Å²) in [7, 11) is 0. The molecule has 0 spiro atoms. The molecule has 1 aromatic carbocycles. The number of benzene rings is 1. The SMILES string of the molecule is NC(=O)c1cccc2c(Cl)ccnc12. The Morgan fingerprint density at radius 3 is 2.86 bits per heavy atom. The van der Waals surface area contributed by atoms with Crippen LogP contribution in [-0.2, 0) is 0 Å². The number of hydrogen-bond acceptors (Lipinski definition) is 2. The van der Waals surface area contributed by atoms with Crippen LogP contribution in [0.1, 0.15) is 10.4 Å². The first-order valence-corrected chi connectivity index (χ1v) is 4.41.